The van der Waals surface area contributed by atoms with E-state index in [0.717, 1.165) is 45.7 Å². The number of fused-ring (bicyclic) bond motifs is 1. The predicted molar refractivity (Wildman–Crippen MR) is 142 cm³/mol. The molecule has 1 saturated heterocycles. The first-order valence-corrected chi connectivity index (χ1v) is 13.7. The molecule has 2 aromatic carbocycles. The van der Waals surface area contributed by atoms with Crippen LogP contribution in [0.3, 0.4) is 0 Å². The molecule has 1 aliphatic carbocycles. The van der Waals surface area contributed by atoms with Gasteiger partial charge in [-0.1, -0.05) is 67.9 Å². The number of rotatable bonds is 6. The smallest absolute Gasteiger partial charge is 0.314 e. The van der Waals surface area contributed by atoms with Crippen LogP contribution in [0.15, 0.2) is 54.6 Å². The molecule has 0 spiro atoms. The number of carbonyl (C=O) groups excluding carboxylic acids is 1. The van der Waals surface area contributed by atoms with E-state index < -0.39 is 0 Å². The van der Waals surface area contributed by atoms with Gasteiger partial charge in [-0.05, 0) is 73.8 Å². The number of hydrogen-bond donors (Lipinski definition) is 2. The zero-order chi connectivity index (χ0) is 24.3. The first kappa shape index (κ1) is 24.3. The summed E-state index contributed by atoms with van der Waals surface area (Å²) in [5, 5.41) is 6.17. The van der Waals surface area contributed by atoms with Crippen LogP contribution in [0, 0.1) is 11.8 Å². The minimum Gasteiger partial charge on any atom is -0.341 e. The Morgan fingerprint density at radius 3 is 2.46 bits per heavy atom. The zero-order valence-corrected chi connectivity index (χ0v) is 21.5. The summed E-state index contributed by atoms with van der Waals surface area (Å²) in [6.45, 7) is 8.87. The SMILES string of the molecule is CCN1Cc2ccccc2C(C2CCN(Cc3ccccc3)CC2)([C@H]2CCCC2NC(=O)NC)C1. The van der Waals surface area contributed by atoms with Crippen LogP contribution in [0.4, 0.5) is 4.79 Å². The monoisotopic (exact) mass is 474 g/mol. The van der Waals surface area contributed by atoms with Crippen LogP contribution in [0.2, 0.25) is 0 Å². The Labute approximate surface area is 211 Å². The molecule has 35 heavy (non-hydrogen) atoms. The third-order valence-electron chi connectivity index (χ3n) is 9.13. The quantitative estimate of drug-likeness (QED) is 0.634. The van der Waals surface area contributed by atoms with Crippen molar-refractivity contribution in [2.75, 3.05) is 33.2 Å². The second kappa shape index (κ2) is 10.7. The number of hydrogen-bond acceptors (Lipinski definition) is 3. The first-order chi connectivity index (χ1) is 17.1. The van der Waals surface area contributed by atoms with E-state index in [4.69, 9.17) is 0 Å². The average Bonchev–Trinajstić information content (AvgIpc) is 3.37. The molecule has 2 amide bonds. The Balaban J connectivity index is 1.46. The molecule has 2 heterocycles. The van der Waals surface area contributed by atoms with Crippen molar-refractivity contribution < 1.29 is 4.79 Å². The summed E-state index contributed by atoms with van der Waals surface area (Å²) >= 11 is 0. The number of urea groups is 1. The summed E-state index contributed by atoms with van der Waals surface area (Å²) < 4.78 is 0. The highest BCUT2D eigenvalue weighted by Crippen LogP contribution is 2.53. The molecule has 2 fully saturated rings. The van der Waals surface area contributed by atoms with Crippen LogP contribution in [0.25, 0.3) is 0 Å². The fraction of sp³-hybridized carbons (Fsp3) is 0.567. The van der Waals surface area contributed by atoms with E-state index in [9.17, 15) is 4.79 Å². The summed E-state index contributed by atoms with van der Waals surface area (Å²) in [6.07, 6.45) is 5.93. The van der Waals surface area contributed by atoms with Crippen molar-refractivity contribution >= 4 is 6.03 Å². The molecule has 3 aliphatic rings. The van der Waals surface area contributed by atoms with Gasteiger partial charge in [-0.25, -0.2) is 4.79 Å². The predicted octanol–water partition coefficient (Wildman–Crippen LogP) is 4.77. The minimum absolute atomic E-state index is 0.0360. The van der Waals surface area contributed by atoms with Gasteiger partial charge >= 0.3 is 6.03 Å². The molecule has 5 heteroatoms. The highest BCUT2D eigenvalue weighted by Gasteiger charge is 2.54. The van der Waals surface area contributed by atoms with Crippen LogP contribution in [0.5, 0.6) is 0 Å². The number of nitrogens with zero attached hydrogens (tertiary/aromatic N) is 2. The zero-order valence-electron chi connectivity index (χ0n) is 21.5. The lowest BCUT2D eigenvalue weighted by Gasteiger charge is -2.55. The standard InChI is InChI=1S/C30H42N4O/c1-3-33-21-24-12-7-8-13-26(24)30(22-33,27-14-9-15-28(27)32-29(35)31-2)25-16-18-34(19-17-25)20-23-10-5-4-6-11-23/h4-8,10-13,25,27-28H,3,9,14-22H2,1-2H3,(H2,31,32,35)/t27-,28?,30?/m0/s1. The number of carbonyl (C=O) groups is 1. The van der Waals surface area contributed by atoms with E-state index in [1.54, 1.807) is 12.6 Å². The summed E-state index contributed by atoms with van der Waals surface area (Å²) in [5.74, 6) is 1.10. The molecular weight excluding hydrogens is 432 g/mol. The molecular formula is C30H42N4O. The third-order valence-corrected chi connectivity index (χ3v) is 9.13. The molecule has 2 aliphatic heterocycles. The molecule has 2 N–H and O–H groups in total. The van der Waals surface area contributed by atoms with E-state index >= 15 is 0 Å². The molecule has 0 aromatic heterocycles. The maximum Gasteiger partial charge on any atom is 0.314 e. The van der Waals surface area contributed by atoms with Crippen molar-refractivity contribution in [1.82, 2.24) is 20.4 Å². The van der Waals surface area contributed by atoms with Crippen molar-refractivity contribution in [3.8, 4) is 0 Å². The van der Waals surface area contributed by atoms with Gasteiger partial charge in [0, 0.05) is 38.1 Å². The van der Waals surface area contributed by atoms with E-state index in [-0.39, 0.29) is 17.5 Å². The minimum atomic E-state index is -0.0360. The fourth-order valence-electron chi connectivity index (χ4n) is 7.49. The fourth-order valence-corrected chi connectivity index (χ4v) is 7.49. The highest BCUT2D eigenvalue weighted by atomic mass is 16.2. The number of piperidine rings is 1. The van der Waals surface area contributed by atoms with Gasteiger partial charge in [0.05, 0.1) is 0 Å². The lowest BCUT2D eigenvalue weighted by Crippen LogP contribution is -2.60. The first-order valence-electron chi connectivity index (χ1n) is 13.7. The Morgan fingerprint density at radius 1 is 0.971 bits per heavy atom. The third kappa shape index (κ3) is 4.85. The summed E-state index contributed by atoms with van der Waals surface area (Å²) in [6, 6.07) is 20.3. The van der Waals surface area contributed by atoms with Crippen LogP contribution in [0.1, 0.15) is 55.7 Å². The highest BCUT2D eigenvalue weighted by molar-refractivity contribution is 5.74. The van der Waals surface area contributed by atoms with E-state index in [1.807, 2.05) is 0 Å². The maximum atomic E-state index is 12.4. The van der Waals surface area contributed by atoms with Gasteiger partial charge in [0.15, 0.2) is 0 Å². The van der Waals surface area contributed by atoms with Crippen molar-refractivity contribution in [1.29, 1.82) is 0 Å². The van der Waals surface area contributed by atoms with E-state index in [0.29, 0.717) is 11.8 Å². The Morgan fingerprint density at radius 2 is 1.71 bits per heavy atom. The van der Waals surface area contributed by atoms with Crippen molar-refractivity contribution in [3.05, 3.63) is 71.3 Å². The van der Waals surface area contributed by atoms with Gasteiger partial charge < -0.3 is 10.6 Å². The second-order valence-corrected chi connectivity index (χ2v) is 10.9. The summed E-state index contributed by atoms with van der Waals surface area (Å²) in [5.41, 5.74) is 4.57. The van der Waals surface area contributed by atoms with Crippen molar-refractivity contribution in [2.24, 2.45) is 11.8 Å². The topological polar surface area (TPSA) is 47.6 Å². The van der Waals surface area contributed by atoms with Crippen LogP contribution in [-0.2, 0) is 18.5 Å². The van der Waals surface area contributed by atoms with Crippen LogP contribution >= 0.6 is 0 Å². The molecule has 3 atom stereocenters. The van der Waals surface area contributed by atoms with E-state index in [2.05, 4.69) is 82.0 Å². The average molecular weight is 475 g/mol. The lowest BCUT2D eigenvalue weighted by molar-refractivity contribution is 0.0312. The molecule has 2 unspecified atom stereocenters. The molecule has 188 valence electrons. The van der Waals surface area contributed by atoms with Crippen molar-refractivity contribution in [2.45, 2.75) is 63.6 Å². The number of amides is 2. The van der Waals surface area contributed by atoms with Gasteiger partial charge in [0.2, 0.25) is 0 Å². The summed E-state index contributed by atoms with van der Waals surface area (Å²) in [7, 11) is 1.73. The lowest BCUT2D eigenvalue weighted by atomic mass is 9.56. The molecule has 1 saturated carbocycles. The van der Waals surface area contributed by atoms with Gasteiger partial charge in [0.1, 0.15) is 0 Å². The van der Waals surface area contributed by atoms with Gasteiger partial charge in [-0.15, -0.1) is 0 Å². The van der Waals surface area contributed by atoms with Crippen LogP contribution in [-0.4, -0.2) is 55.1 Å². The van der Waals surface area contributed by atoms with Gasteiger partial charge in [-0.2, -0.15) is 0 Å². The van der Waals surface area contributed by atoms with E-state index in [1.165, 1.54) is 36.8 Å². The molecule has 0 bridgehead atoms. The molecule has 0 radical (unpaired) electrons. The Hall–Kier alpha value is -2.37. The second-order valence-electron chi connectivity index (χ2n) is 10.9. The normalized spacial score (nSPS) is 27.9. The molecule has 5 nitrogen and oxygen atoms in total. The molecule has 5 rings (SSSR count). The summed E-state index contributed by atoms with van der Waals surface area (Å²) in [4.78, 5) is 17.7. The van der Waals surface area contributed by atoms with Gasteiger partial charge in [-0.3, -0.25) is 9.80 Å². The largest absolute Gasteiger partial charge is 0.341 e. The number of likely N-dealkylation sites (N-methyl/N-ethyl adjacent to an activating group) is 1. The molecule has 2 aromatic rings. The van der Waals surface area contributed by atoms with Crippen molar-refractivity contribution in [3.63, 3.8) is 0 Å². The maximum absolute atomic E-state index is 12.4. The van der Waals surface area contributed by atoms with Gasteiger partial charge in [0.25, 0.3) is 0 Å². The Bertz CT molecular complexity index is 987. The number of benzene rings is 2. The number of nitrogens with one attached hydrogen (secondary N) is 2. The number of likely N-dealkylation sites (tertiary alicyclic amines) is 1. The Kier molecular flexibility index (Phi) is 7.45. The van der Waals surface area contributed by atoms with Crippen LogP contribution < -0.4 is 10.6 Å².